The molecule has 13 heteroatoms. The highest BCUT2D eigenvalue weighted by atomic mass is 35.5. The maximum absolute atomic E-state index is 13.1. The maximum atomic E-state index is 13.1. The average molecular weight is 961 g/mol. The summed E-state index contributed by atoms with van der Waals surface area (Å²) >= 11 is 6.14. The van der Waals surface area contributed by atoms with Gasteiger partial charge in [0.25, 0.3) is 5.91 Å². The van der Waals surface area contributed by atoms with Crippen molar-refractivity contribution < 1.29 is 24.0 Å². The number of piperidine rings is 2. The molecule has 68 heavy (non-hydrogen) atoms. The minimum Gasteiger partial charge on any atom is -0.378 e. The van der Waals surface area contributed by atoms with Gasteiger partial charge in [-0.3, -0.25) is 19.3 Å². The first-order chi connectivity index (χ1) is 32.7. The second kappa shape index (κ2) is 31.4. The lowest BCUT2D eigenvalue weighted by Gasteiger charge is -2.46. The number of rotatable bonds is 11. The molecule has 3 unspecified atom stereocenters. The molecule has 0 saturated carbocycles. The van der Waals surface area contributed by atoms with E-state index in [1.54, 1.807) is 0 Å². The van der Waals surface area contributed by atoms with Crippen LogP contribution in [-0.2, 0) is 19.2 Å². The molecule has 3 amide bonds. The van der Waals surface area contributed by atoms with Crippen LogP contribution in [0.2, 0.25) is 5.02 Å². The number of nitrogens with one attached hydrogen (secondary N) is 3. The molecule has 4 aliphatic heterocycles. The molecule has 4 aliphatic rings. The molecule has 3 aromatic rings. The fourth-order valence-electron chi connectivity index (χ4n) is 8.97. The molecule has 0 aromatic heterocycles. The normalized spacial score (nSPS) is 19.3. The van der Waals surface area contributed by atoms with E-state index in [2.05, 4.69) is 90.5 Å². The number of amides is 3. The molecule has 0 aliphatic carbocycles. The lowest BCUT2D eigenvalue weighted by molar-refractivity contribution is -0.132. The SMILES string of the molecule is C=O.CC.CC.CC(C)C.CC1CCN(C(=O)CNC(=O)CN2CCC3(CCN(CCNC(=O)c4ccc(-c5ccc6c(c5)C(Nc5ccc(Cl)cc5)CC(C)N6C)cc4)CC3)CC2)C1.CC=O. The van der Waals surface area contributed by atoms with Gasteiger partial charge in [-0.2, -0.15) is 0 Å². The number of anilines is 2. The molecule has 1 spiro atoms. The van der Waals surface area contributed by atoms with Crippen molar-refractivity contribution in [2.75, 3.05) is 82.7 Å². The largest absolute Gasteiger partial charge is 0.378 e. The van der Waals surface area contributed by atoms with Crippen LogP contribution in [0.15, 0.2) is 66.7 Å². The third-order valence-corrected chi connectivity index (χ3v) is 13.1. The number of likely N-dealkylation sites (tertiary alicyclic amines) is 3. The smallest absolute Gasteiger partial charge is 0.251 e. The van der Waals surface area contributed by atoms with E-state index in [0.29, 0.717) is 36.0 Å². The lowest BCUT2D eigenvalue weighted by atomic mass is 9.71. The van der Waals surface area contributed by atoms with E-state index in [9.17, 15) is 14.4 Å². The predicted octanol–water partition coefficient (Wildman–Crippen LogP) is 10.0. The Hall–Kier alpha value is -4.78. The van der Waals surface area contributed by atoms with Gasteiger partial charge in [0.1, 0.15) is 13.1 Å². The topological polar surface area (TPSA) is 134 Å². The molecule has 0 radical (unpaired) electrons. The second-order valence-electron chi connectivity index (χ2n) is 18.6. The van der Waals surface area contributed by atoms with Crippen LogP contribution >= 0.6 is 11.6 Å². The summed E-state index contributed by atoms with van der Waals surface area (Å²) in [6.07, 6.45) is 7.30. The summed E-state index contributed by atoms with van der Waals surface area (Å²) < 4.78 is 0. The summed E-state index contributed by atoms with van der Waals surface area (Å²) in [5, 5.41) is 10.5. The molecule has 12 nitrogen and oxygen atoms in total. The molecule has 3 aromatic carbocycles. The maximum Gasteiger partial charge on any atom is 0.251 e. The molecule has 4 heterocycles. The summed E-state index contributed by atoms with van der Waals surface area (Å²) in [5.74, 6) is 1.31. The van der Waals surface area contributed by atoms with Gasteiger partial charge in [-0.25, -0.2) is 0 Å². The summed E-state index contributed by atoms with van der Waals surface area (Å²) in [6.45, 7) is 29.8. The van der Waals surface area contributed by atoms with Crippen LogP contribution in [0, 0.1) is 17.3 Å². The van der Waals surface area contributed by atoms with Crippen molar-refractivity contribution in [1.82, 2.24) is 25.3 Å². The molecule has 3 saturated heterocycles. The summed E-state index contributed by atoms with van der Waals surface area (Å²) in [7, 11) is 2.16. The third kappa shape index (κ3) is 19.0. The van der Waals surface area contributed by atoms with Crippen LogP contribution < -0.4 is 20.9 Å². The highest BCUT2D eigenvalue weighted by Gasteiger charge is 2.38. The lowest BCUT2D eigenvalue weighted by Crippen LogP contribution is -2.50. The van der Waals surface area contributed by atoms with Gasteiger partial charge in [-0.05, 0) is 161 Å². The molecule has 3 N–H and O–H groups in total. The van der Waals surface area contributed by atoms with Crippen LogP contribution in [-0.4, -0.2) is 124 Å². The minimum absolute atomic E-state index is 0.0268. The zero-order valence-electron chi connectivity index (χ0n) is 43.5. The molecular weight excluding hydrogens is 874 g/mol. The van der Waals surface area contributed by atoms with Gasteiger partial charge >= 0.3 is 0 Å². The zero-order chi connectivity index (χ0) is 50.8. The number of carbonyl (C=O) groups excluding carboxylic acids is 5. The van der Waals surface area contributed by atoms with Crippen molar-refractivity contribution >= 4 is 53.8 Å². The first kappa shape index (κ1) is 59.3. The summed E-state index contributed by atoms with van der Waals surface area (Å²) in [6, 6.07) is 23.1. The van der Waals surface area contributed by atoms with Crippen LogP contribution in [0.3, 0.4) is 0 Å². The quantitative estimate of drug-likeness (QED) is 0.161. The number of benzene rings is 3. The minimum atomic E-state index is -0.0563. The first-order valence-corrected chi connectivity index (χ1v) is 25.5. The Morgan fingerprint density at radius 3 is 1.90 bits per heavy atom. The number of hydrogen-bond donors (Lipinski definition) is 3. The van der Waals surface area contributed by atoms with E-state index in [-0.39, 0.29) is 30.3 Å². The van der Waals surface area contributed by atoms with Crippen molar-refractivity contribution in [2.24, 2.45) is 17.3 Å². The third-order valence-electron chi connectivity index (χ3n) is 12.8. The van der Waals surface area contributed by atoms with Gasteiger partial charge in [-0.1, -0.05) is 85.2 Å². The van der Waals surface area contributed by atoms with Gasteiger partial charge in [0.05, 0.1) is 19.1 Å². The summed E-state index contributed by atoms with van der Waals surface area (Å²) in [5.41, 5.74) is 6.78. The zero-order valence-corrected chi connectivity index (χ0v) is 44.2. The van der Waals surface area contributed by atoms with E-state index in [4.69, 9.17) is 21.2 Å². The number of fused-ring (bicyclic) bond motifs is 1. The molecule has 3 fully saturated rings. The Bertz CT molecular complexity index is 1920. The Labute approximate surface area is 415 Å². The van der Waals surface area contributed by atoms with Crippen molar-refractivity contribution in [2.45, 2.75) is 120 Å². The summed E-state index contributed by atoms with van der Waals surface area (Å²) in [4.78, 5) is 63.8. The van der Waals surface area contributed by atoms with Crippen molar-refractivity contribution in [3.8, 4) is 11.1 Å². The second-order valence-corrected chi connectivity index (χ2v) is 19.0. The van der Waals surface area contributed by atoms with Gasteiger partial charge in [0, 0.05) is 61.2 Å². The number of carbonyl (C=O) groups is 5. The number of nitrogens with zero attached hydrogens (tertiary/aromatic N) is 4. The van der Waals surface area contributed by atoms with Crippen LogP contribution in [0.25, 0.3) is 11.1 Å². The van der Waals surface area contributed by atoms with Gasteiger partial charge in [0.2, 0.25) is 11.8 Å². The monoisotopic (exact) mass is 960 g/mol. The molecule has 7 rings (SSSR count). The molecule has 3 atom stereocenters. The van der Waals surface area contributed by atoms with Crippen molar-refractivity contribution in [3.05, 3.63) is 82.9 Å². The molecule has 378 valence electrons. The first-order valence-electron chi connectivity index (χ1n) is 25.1. The number of halogens is 1. The van der Waals surface area contributed by atoms with Crippen molar-refractivity contribution in [3.63, 3.8) is 0 Å². The van der Waals surface area contributed by atoms with E-state index in [1.807, 2.05) is 87.9 Å². The standard InChI is InChI=1S/C44H58ClN7O3.C4H10.C2H4O.2C2H6.CH2O/c1-31-14-20-52(29-31)42(54)28-47-41(53)30-51-23-17-44(18-24-51)15-21-50(22-16-44)25-19-46-43(55)34-6-4-33(5-7-34)35-8-13-40-38(27-35)39(26-32(2)49(40)3)48-37-11-9-36(45)10-12-37;1-4(2)3;1-2-3;3*1-2/h4-13,27,31-32,39,48H,14-26,28-30H2,1-3H3,(H,46,55)(H,47,53);4H,1-3H3;2H,1H3;2*1-2H3;1H2. The highest BCUT2D eigenvalue weighted by Crippen LogP contribution is 2.42. The van der Waals surface area contributed by atoms with E-state index in [1.165, 1.54) is 18.2 Å². The molecule has 0 bridgehead atoms. The number of aldehydes is 1. The van der Waals surface area contributed by atoms with Crippen LogP contribution in [0.1, 0.15) is 130 Å². The van der Waals surface area contributed by atoms with Crippen LogP contribution in [0.4, 0.5) is 11.4 Å². The van der Waals surface area contributed by atoms with Crippen LogP contribution in [0.5, 0.6) is 0 Å². The van der Waals surface area contributed by atoms with Gasteiger partial charge in [0.15, 0.2) is 0 Å². The molecular formula is C55H86ClN7O5. The van der Waals surface area contributed by atoms with Gasteiger partial charge in [-0.15, -0.1) is 0 Å². The Morgan fingerprint density at radius 2 is 1.35 bits per heavy atom. The van der Waals surface area contributed by atoms with E-state index >= 15 is 0 Å². The predicted molar refractivity (Wildman–Crippen MR) is 284 cm³/mol. The van der Waals surface area contributed by atoms with E-state index in [0.717, 1.165) is 118 Å². The fourth-order valence-corrected chi connectivity index (χ4v) is 9.09. The Balaban J connectivity index is 0.00000111. The van der Waals surface area contributed by atoms with Crippen molar-refractivity contribution in [1.29, 1.82) is 0 Å². The highest BCUT2D eigenvalue weighted by molar-refractivity contribution is 6.30. The van der Waals surface area contributed by atoms with E-state index < -0.39 is 0 Å². The van der Waals surface area contributed by atoms with Gasteiger partial charge < -0.3 is 40.2 Å². The fraction of sp³-hybridized carbons (Fsp3) is 0.582. The number of hydrogen-bond acceptors (Lipinski definition) is 9. The Morgan fingerprint density at radius 1 is 0.809 bits per heavy atom. The Kier molecular flexibility index (Phi) is 27.4. The average Bonchev–Trinajstić information content (AvgIpc) is 3.80.